The summed E-state index contributed by atoms with van der Waals surface area (Å²) in [6.45, 7) is 4.61. The minimum Gasteiger partial charge on any atom is -0.392 e. The molecule has 0 amide bonds. The van der Waals surface area contributed by atoms with E-state index < -0.39 is 0 Å². The Morgan fingerprint density at radius 1 is 1.14 bits per heavy atom. The van der Waals surface area contributed by atoms with Crippen LogP contribution in [-0.4, -0.2) is 5.11 Å². The van der Waals surface area contributed by atoms with Crippen molar-refractivity contribution in [2.75, 3.05) is 0 Å². The fourth-order valence-electron chi connectivity index (χ4n) is 1.85. The van der Waals surface area contributed by atoms with Gasteiger partial charge in [0.05, 0.1) is 6.61 Å². The Balaban J connectivity index is 2.73. The van der Waals surface area contributed by atoms with E-state index in [4.69, 9.17) is 5.11 Å². The molecule has 1 unspecified atom stereocenters. The van der Waals surface area contributed by atoms with Crippen molar-refractivity contribution in [1.29, 1.82) is 0 Å². The van der Waals surface area contributed by atoms with E-state index in [9.17, 15) is 0 Å². The van der Waals surface area contributed by atoms with Crippen LogP contribution in [0.25, 0.3) is 0 Å². The number of benzene rings is 1. The van der Waals surface area contributed by atoms with Gasteiger partial charge in [0.15, 0.2) is 0 Å². The Morgan fingerprint density at radius 2 is 1.79 bits per heavy atom. The van der Waals surface area contributed by atoms with Gasteiger partial charge in [-0.25, -0.2) is 0 Å². The molecule has 1 aromatic carbocycles. The highest BCUT2D eigenvalue weighted by Crippen LogP contribution is 2.24. The Labute approximate surface area is 86.8 Å². The molecule has 1 N–H and O–H groups in total. The van der Waals surface area contributed by atoms with E-state index >= 15 is 0 Å². The summed E-state index contributed by atoms with van der Waals surface area (Å²) in [7, 11) is 0. The van der Waals surface area contributed by atoms with E-state index in [-0.39, 0.29) is 6.61 Å². The minimum atomic E-state index is 0.144. The summed E-state index contributed by atoms with van der Waals surface area (Å²) >= 11 is 0. The fourth-order valence-corrected chi connectivity index (χ4v) is 1.85. The molecular weight excluding hydrogens is 172 g/mol. The van der Waals surface area contributed by atoms with Gasteiger partial charge in [-0.3, -0.25) is 0 Å². The van der Waals surface area contributed by atoms with Gasteiger partial charge in [0, 0.05) is 0 Å². The largest absolute Gasteiger partial charge is 0.392 e. The highest BCUT2D eigenvalue weighted by atomic mass is 16.3. The van der Waals surface area contributed by atoms with Gasteiger partial charge in [0.1, 0.15) is 0 Å². The molecule has 1 nitrogen and oxygen atoms in total. The van der Waals surface area contributed by atoms with Crippen molar-refractivity contribution in [2.24, 2.45) is 0 Å². The predicted octanol–water partition coefficient (Wildman–Crippen LogP) is 3.47. The molecule has 0 aliphatic heterocycles. The van der Waals surface area contributed by atoms with E-state index in [2.05, 4.69) is 26.0 Å². The monoisotopic (exact) mass is 192 g/mol. The second kappa shape index (κ2) is 5.82. The molecule has 1 rings (SSSR count). The summed E-state index contributed by atoms with van der Waals surface area (Å²) in [4.78, 5) is 0. The predicted molar refractivity (Wildman–Crippen MR) is 60.3 cm³/mol. The van der Waals surface area contributed by atoms with Crippen LogP contribution in [-0.2, 0) is 6.61 Å². The summed E-state index contributed by atoms with van der Waals surface area (Å²) in [5.41, 5.74) is 2.41. The van der Waals surface area contributed by atoms with Gasteiger partial charge in [0.25, 0.3) is 0 Å². The first-order valence-electron chi connectivity index (χ1n) is 5.51. The van der Waals surface area contributed by atoms with Gasteiger partial charge in [-0.05, 0) is 29.9 Å². The van der Waals surface area contributed by atoms with Gasteiger partial charge in [-0.15, -0.1) is 0 Å². The first-order valence-corrected chi connectivity index (χ1v) is 5.51. The Bertz CT molecular complexity index is 250. The van der Waals surface area contributed by atoms with Gasteiger partial charge in [0.2, 0.25) is 0 Å². The van der Waals surface area contributed by atoms with E-state index in [1.165, 1.54) is 24.8 Å². The van der Waals surface area contributed by atoms with Crippen LogP contribution in [0.3, 0.4) is 0 Å². The first kappa shape index (κ1) is 11.3. The average Bonchev–Trinajstić information content (AvgIpc) is 2.26. The van der Waals surface area contributed by atoms with E-state index in [0.717, 1.165) is 5.56 Å². The van der Waals surface area contributed by atoms with Gasteiger partial charge >= 0.3 is 0 Å². The highest BCUT2D eigenvalue weighted by molar-refractivity contribution is 5.24. The van der Waals surface area contributed by atoms with Crippen molar-refractivity contribution in [1.82, 2.24) is 0 Å². The van der Waals surface area contributed by atoms with Crippen molar-refractivity contribution in [3.8, 4) is 0 Å². The summed E-state index contributed by atoms with van der Waals surface area (Å²) in [6.07, 6.45) is 3.70. The van der Waals surface area contributed by atoms with Crippen LogP contribution in [0.5, 0.6) is 0 Å². The third-order valence-corrected chi connectivity index (χ3v) is 2.76. The quantitative estimate of drug-likeness (QED) is 0.757. The molecule has 0 saturated heterocycles. The molecule has 1 heteroatoms. The van der Waals surface area contributed by atoms with Crippen molar-refractivity contribution in [2.45, 2.75) is 45.6 Å². The Hall–Kier alpha value is -0.820. The summed E-state index contributed by atoms with van der Waals surface area (Å²) in [6, 6.07) is 8.34. The number of hydrogen-bond acceptors (Lipinski definition) is 1. The van der Waals surface area contributed by atoms with Gasteiger partial charge in [-0.1, -0.05) is 44.5 Å². The van der Waals surface area contributed by atoms with Crippen LogP contribution in [0.2, 0.25) is 0 Å². The van der Waals surface area contributed by atoms with Crippen LogP contribution in [0.1, 0.15) is 50.2 Å². The number of aliphatic hydroxyl groups excluding tert-OH is 1. The third-order valence-electron chi connectivity index (χ3n) is 2.76. The summed E-state index contributed by atoms with van der Waals surface area (Å²) in [5, 5.41) is 8.93. The normalized spacial score (nSPS) is 12.8. The maximum absolute atomic E-state index is 8.93. The topological polar surface area (TPSA) is 20.2 Å². The summed E-state index contributed by atoms with van der Waals surface area (Å²) < 4.78 is 0. The van der Waals surface area contributed by atoms with Gasteiger partial charge in [-0.2, -0.15) is 0 Å². The first-order chi connectivity index (χ1) is 6.81. The lowest BCUT2D eigenvalue weighted by atomic mass is 9.92. The molecule has 0 aliphatic carbocycles. The Morgan fingerprint density at radius 3 is 2.21 bits per heavy atom. The van der Waals surface area contributed by atoms with E-state index in [1.54, 1.807) is 0 Å². The van der Waals surface area contributed by atoms with Crippen LogP contribution >= 0.6 is 0 Å². The lowest BCUT2D eigenvalue weighted by Crippen LogP contribution is -1.97. The fraction of sp³-hybridized carbons (Fsp3) is 0.538. The third kappa shape index (κ3) is 2.85. The van der Waals surface area contributed by atoms with E-state index in [1.807, 2.05) is 12.1 Å². The van der Waals surface area contributed by atoms with Crippen molar-refractivity contribution < 1.29 is 5.11 Å². The molecule has 0 bridgehead atoms. The zero-order valence-corrected chi connectivity index (χ0v) is 9.16. The Kier molecular flexibility index (Phi) is 4.68. The second-order valence-corrected chi connectivity index (χ2v) is 3.79. The van der Waals surface area contributed by atoms with Crippen LogP contribution in [0.15, 0.2) is 24.3 Å². The molecule has 14 heavy (non-hydrogen) atoms. The number of rotatable bonds is 5. The van der Waals surface area contributed by atoms with E-state index in [0.29, 0.717) is 5.92 Å². The summed E-state index contributed by atoms with van der Waals surface area (Å²) in [5.74, 6) is 0.688. The lowest BCUT2D eigenvalue weighted by molar-refractivity contribution is 0.282. The van der Waals surface area contributed by atoms with Crippen LogP contribution in [0.4, 0.5) is 0 Å². The molecule has 0 saturated carbocycles. The minimum absolute atomic E-state index is 0.144. The molecule has 0 radical (unpaired) electrons. The van der Waals surface area contributed by atoms with Crippen molar-refractivity contribution in [3.63, 3.8) is 0 Å². The number of hydrogen-bond donors (Lipinski definition) is 1. The molecule has 0 spiro atoms. The van der Waals surface area contributed by atoms with Crippen LogP contribution in [0, 0.1) is 0 Å². The lowest BCUT2D eigenvalue weighted by Gasteiger charge is -2.14. The number of aliphatic hydroxyl groups is 1. The van der Waals surface area contributed by atoms with Crippen LogP contribution < -0.4 is 0 Å². The molecule has 0 fully saturated rings. The SMILES string of the molecule is CCCC(CC)c1ccc(CO)cc1. The maximum atomic E-state index is 8.93. The molecule has 0 aliphatic rings. The van der Waals surface area contributed by atoms with Crippen molar-refractivity contribution >= 4 is 0 Å². The molecule has 0 aromatic heterocycles. The smallest absolute Gasteiger partial charge is 0.0681 e. The molecular formula is C13H20O. The highest BCUT2D eigenvalue weighted by Gasteiger charge is 2.07. The average molecular weight is 192 g/mol. The molecule has 1 aromatic rings. The van der Waals surface area contributed by atoms with Gasteiger partial charge < -0.3 is 5.11 Å². The van der Waals surface area contributed by atoms with Crippen molar-refractivity contribution in [3.05, 3.63) is 35.4 Å². The standard InChI is InChI=1S/C13H20O/c1-3-5-12(4-2)13-8-6-11(10-14)7-9-13/h6-9,12,14H,3-5,10H2,1-2H3. The zero-order chi connectivity index (χ0) is 10.4. The second-order valence-electron chi connectivity index (χ2n) is 3.79. The molecule has 0 heterocycles. The molecule has 1 atom stereocenters. The maximum Gasteiger partial charge on any atom is 0.0681 e. The zero-order valence-electron chi connectivity index (χ0n) is 9.16. The molecule has 78 valence electrons.